The molecule has 0 spiro atoms. The van der Waals surface area contributed by atoms with Gasteiger partial charge in [0.2, 0.25) is 6.23 Å². The number of nitrogens with zero attached hydrogens (tertiary/aromatic N) is 1. The second-order valence-corrected chi connectivity index (χ2v) is 2.10. The van der Waals surface area contributed by atoms with E-state index in [1.165, 1.54) is 7.11 Å². The maximum Gasteiger partial charge on any atom is 0.215 e. The molecule has 1 rings (SSSR count). The van der Waals surface area contributed by atoms with Gasteiger partial charge in [0, 0.05) is 12.7 Å². The fourth-order valence-corrected chi connectivity index (χ4v) is 0.858. The Bertz CT molecular complexity index is 223. The summed E-state index contributed by atoms with van der Waals surface area (Å²) in [6.45, 7) is 0. The first kappa shape index (κ1) is 7.88. The van der Waals surface area contributed by atoms with E-state index in [0.29, 0.717) is 0 Å². The van der Waals surface area contributed by atoms with Crippen molar-refractivity contribution >= 4 is 0 Å². The third-order valence-corrected chi connectivity index (χ3v) is 1.40. The van der Waals surface area contributed by atoms with Gasteiger partial charge in [0.15, 0.2) is 0 Å². The molecule has 1 aromatic carbocycles. The van der Waals surface area contributed by atoms with Crippen LogP contribution in [0.1, 0.15) is 11.8 Å². The molecule has 0 heterocycles. The van der Waals surface area contributed by atoms with E-state index >= 15 is 0 Å². The Morgan fingerprint density at radius 3 is 2.45 bits per heavy atom. The zero-order valence-electron chi connectivity index (χ0n) is 6.23. The third-order valence-electron chi connectivity index (χ3n) is 1.40. The number of nitroso groups, excluding NO2 is 1. The van der Waals surface area contributed by atoms with Crippen molar-refractivity contribution in [3.05, 3.63) is 40.8 Å². The van der Waals surface area contributed by atoms with Crippen molar-refractivity contribution < 1.29 is 4.74 Å². The Balaban J connectivity index is 2.82. The van der Waals surface area contributed by atoms with Crippen LogP contribution in [-0.2, 0) is 4.74 Å². The zero-order valence-corrected chi connectivity index (χ0v) is 6.23. The van der Waals surface area contributed by atoms with Gasteiger partial charge in [0.1, 0.15) is 0 Å². The normalized spacial score (nSPS) is 12.5. The lowest BCUT2D eigenvalue weighted by atomic mass is 10.2. The fourth-order valence-electron chi connectivity index (χ4n) is 0.858. The van der Waals surface area contributed by atoms with Crippen LogP contribution in [0.3, 0.4) is 0 Å². The van der Waals surface area contributed by atoms with Crippen molar-refractivity contribution in [1.29, 1.82) is 0 Å². The van der Waals surface area contributed by atoms with Crippen LogP contribution in [-0.4, -0.2) is 7.11 Å². The number of ether oxygens (including phenoxy) is 1. The van der Waals surface area contributed by atoms with Crippen LogP contribution in [0, 0.1) is 4.91 Å². The first-order valence-electron chi connectivity index (χ1n) is 3.28. The van der Waals surface area contributed by atoms with E-state index in [1.807, 2.05) is 18.2 Å². The molecule has 0 radical (unpaired) electrons. The largest absolute Gasteiger partial charge is 0.353 e. The number of benzene rings is 1. The molecular formula is C8H9NO2. The maximum absolute atomic E-state index is 10.2. The molecule has 0 N–H and O–H groups in total. The molecule has 0 amide bonds. The molecule has 0 saturated carbocycles. The summed E-state index contributed by atoms with van der Waals surface area (Å²) in [6, 6.07) is 9.16. The number of hydrogen-bond acceptors (Lipinski definition) is 3. The molecule has 0 bridgehead atoms. The average Bonchev–Trinajstić information content (AvgIpc) is 2.09. The van der Waals surface area contributed by atoms with Crippen LogP contribution in [0.15, 0.2) is 35.5 Å². The molecule has 1 atom stereocenters. The quantitative estimate of drug-likeness (QED) is 0.620. The van der Waals surface area contributed by atoms with E-state index in [9.17, 15) is 4.91 Å². The van der Waals surface area contributed by atoms with E-state index < -0.39 is 6.23 Å². The maximum atomic E-state index is 10.2. The van der Waals surface area contributed by atoms with Gasteiger partial charge >= 0.3 is 0 Å². The van der Waals surface area contributed by atoms with Gasteiger partial charge in [-0.25, -0.2) is 0 Å². The lowest BCUT2D eigenvalue weighted by Gasteiger charge is -2.05. The monoisotopic (exact) mass is 151 g/mol. The number of methoxy groups -OCH3 is 1. The fraction of sp³-hybridized carbons (Fsp3) is 0.250. The molecule has 0 saturated heterocycles. The Labute approximate surface area is 65.0 Å². The van der Waals surface area contributed by atoms with Gasteiger partial charge in [0.25, 0.3) is 0 Å². The van der Waals surface area contributed by atoms with E-state index in [4.69, 9.17) is 4.74 Å². The van der Waals surface area contributed by atoms with Gasteiger partial charge in [-0.2, -0.15) is 0 Å². The van der Waals surface area contributed by atoms with E-state index in [-0.39, 0.29) is 0 Å². The van der Waals surface area contributed by atoms with Gasteiger partial charge in [-0.1, -0.05) is 30.3 Å². The molecule has 0 aliphatic heterocycles. The van der Waals surface area contributed by atoms with Crippen molar-refractivity contribution in [3.63, 3.8) is 0 Å². The summed E-state index contributed by atoms with van der Waals surface area (Å²) >= 11 is 0. The van der Waals surface area contributed by atoms with Gasteiger partial charge in [-0.3, -0.25) is 0 Å². The summed E-state index contributed by atoms with van der Waals surface area (Å²) < 4.78 is 4.81. The highest BCUT2D eigenvalue weighted by molar-refractivity contribution is 5.16. The van der Waals surface area contributed by atoms with Gasteiger partial charge in [-0.05, 0) is 5.18 Å². The minimum absolute atomic E-state index is 0.670. The van der Waals surface area contributed by atoms with E-state index in [0.717, 1.165) is 5.56 Å². The summed E-state index contributed by atoms with van der Waals surface area (Å²) in [5.74, 6) is 0. The Kier molecular flexibility index (Phi) is 2.74. The van der Waals surface area contributed by atoms with Crippen molar-refractivity contribution in [2.24, 2.45) is 5.18 Å². The van der Waals surface area contributed by atoms with Crippen molar-refractivity contribution in [3.8, 4) is 0 Å². The second-order valence-electron chi connectivity index (χ2n) is 2.10. The van der Waals surface area contributed by atoms with E-state index in [2.05, 4.69) is 5.18 Å². The Hall–Kier alpha value is -1.22. The lowest BCUT2D eigenvalue weighted by Crippen LogP contribution is -1.95. The summed E-state index contributed by atoms with van der Waals surface area (Å²) in [4.78, 5) is 10.2. The van der Waals surface area contributed by atoms with Crippen LogP contribution in [0.25, 0.3) is 0 Å². The summed E-state index contributed by atoms with van der Waals surface area (Å²) in [5, 5.41) is 2.80. The predicted octanol–water partition coefficient (Wildman–Crippen LogP) is 2.10. The highest BCUT2D eigenvalue weighted by Crippen LogP contribution is 2.16. The Morgan fingerprint density at radius 2 is 2.00 bits per heavy atom. The van der Waals surface area contributed by atoms with Crippen LogP contribution in [0.2, 0.25) is 0 Å². The number of hydrogen-bond donors (Lipinski definition) is 0. The summed E-state index contributed by atoms with van der Waals surface area (Å²) in [5.41, 5.74) is 0.782. The Morgan fingerprint density at radius 1 is 1.36 bits per heavy atom. The molecular weight excluding hydrogens is 142 g/mol. The van der Waals surface area contributed by atoms with Crippen molar-refractivity contribution in [2.75, 3.05) is 7.11 Å². The summed E-state index contributed by atoms with van der Waals surface area (Å²) in [6.07, 6.45) is -0.670. The standard InChI is InChI=1S/C8H9NO2/c1-11-8(9-10)7-5-3-2-4-6-7/h2-6,8H,1H3. The molecule has 0 aliphatic carbocycles. The van der Waals surface area contributed by atoms with Crippen molar-refractivity contribution in [2.45, 2.75) is 6.23 Å². The van der Waals surface area contributed by atoms with Crippen molar-refractivity contribution in [1.82, 2.24) is 0 Å². The molecule has 3 nitrogen and oxygen atoms in total. The van der Waals surface area contributed by atoms with E-state index in [1.54, 1.807) is 12.1 Å². The minimum Gasteiger partial charge on any atom is -0.353 e. The van der Waals surface area contributed by atoms with Crippen LogP contribution < -0.4 is 0 Å². The topological polar surface area (TPSA) is 38.7 Å². The zero-order chi connectivity index (χ0) is 8.10. The first-order chi connectivity index (χ1) is 5.38. The molecule has 3 heteroatoms. The first-order valence-corrected chi connectivity index (χ1v) is 3.28. The lowest BCUT2D eigenvalue weighted by molar-refractivity contribution is 0.110. The highest BCUT2D eigenvalue weighted by Gasteiger charge is 2.07. The minimum atomic E-state index is -0.670. The smallest absolute Gasteiger partial charge is 0.215 e. The SMILES string of the molecule is COC(N=O)c1ccccc1. The van der Waals surface area contributed by atoms with Gasteiger partial charge in [-0.15, -0.1) is 4.91 Å². The summed E-state index contributed by atoms with van der Waals surface area (Å²) in [7, 11) is 1.46. The van der Waals surface area contributed by atoms with Gasteiger partial charge in [0.05, 0.1) is 0 Å². The van der Waals surface area contributed by atoms with Gasteiger partial charge < -0.3 is 4.74 Å². The number of rotatable bonds is 3. The molecule has 0 aromatic heterocycles. The van der Waals surface area contributed by atoms with Crippen LogP contribution in [0.5, 0.6) is 0 Å². The molecule has 1 aromatic rings. The van der Waals surface area contributed by atoms with Crippen LogP contribution >= 0.6 is 0 Å². The molecule has 11 heavy (non-hydrogen) atoms. The molecule has 0 fully saturated rings. The molecule has 0 aliphatic rings. The van der Waals surface area contributed by atoms with Crippen LogP contribution in [0.4, 0.5) is 0 Å². The second kappa shape index (κ2) is 3.83. The highest BCUT2D eigenvalue weighted by atomic mass is 16.5. The third kappa shape index (κ3) is 1.85. The predicted molar refractivity (Wildman–Crippen MR) is 42.0 cm³/mol. The molecule has 1 unspecified atom stereocenters. The molecule has 58 valence electrons. The average molecular weight is 151 g/mol.